The number of aromatic hydroxyl groups is 1. The summed E-state index contributed by atoms with van der Waals surface area (Å²) in [5.41, 5.74) is -0.579. The lowest BCUT2D eigenvalue weighted by molar-refractivity contribution is -0.135. The van der Waals surface area contributed by atoms with Gasteiger partial charge in [-0.15, -0.1) is 22.7 Å². The smallest absolute Gasteiger partial charge is 0.410 e. The van der Waals surface area contributed by atoms with Crippen molar-refractivity contribution in [1.82, 2.24) is 30.4 Å². The van der Waals surface area contributed by atoms with Crippen molar-refractivity contribution in [2.45, 2.75) is 71.7 Å². The van der Waals surface area contributed by atoms with Crippen LogP contribution in [0.2, 0.25) is 0 Å². The number of esters is 2. The Hall–Kier alpha value is -5.02. The van der Waals surface area contributed by atoms with Crippen LogP contribution in [0.4, 0.5) is 9.59 Å². The number of ether oxygens (including phenoxy) is 4. The van der Waals surface area contributed by atoms with Crippen LogP contribution in [-0.2, 0) is 23.7 Å². The highest BCUT2D eigenvalue weighted by Crippen LogP contribution is 2.37. The minimum atomic E-state index is -1.26. The molecule has 1 aromatic carbocycles. The zero-order valence-electron chi connectivity index (χ0n) is 35.6. The molecule has 2 aromatic heterocycles. The van der Waals surface area contributed by atoms with Crippen molar-refractivity contribution in [3.8, 4) is 16.3 Å². The molecule has 2 heterocycles. The Kier molecular flexibility index (Phi) is 16.5. The number of hydrogen-bond donors (Lipinski definition) is 4. The maximum absolute atomic E-state index is 13.5. The Morgan fingerprint density at radius 1 is 0.803 bits per heavy atom. The second kappa shape index (κ2) is 20.7. The van der Waals surface area contributed by atoms with E-state index in [1.807, 2.05) is 0 Å². The predicted molar refractivity (Wildman–Crippen MR) is 241 cm³/mol. The van der Waals surface area contributed by atoms with Gasteiger partial charge in [0.05, 0.1) is 36.5 Å². The van der Waals surface area contributed by atoms with Gasteiger partial charge in [-0.1, -0.05) is 30.5 Å². The molecule has 0 saturated heterocycles. The van der Waals surface area contributed by atoms with Crippen molar-refractivity contribution in [3.63, 3.8) is 0 Å². The van der Waals surface area contributed by atoms with E-state index in [4.69, 9.17) is 43.4 Å². The molecule has 1 unspecified atom stereocenters. The standard InChI is InChI=1S/C41H52N6O10S4/c1-39(2,3)56-37(51)46(16-14-42-31(58)28-22-60-33(44-28)26-20-24(35(49)54-8)10-11-30(26)48)18-19-47(38(52)57-40(4,5)6)17-15-43-32(59)29-23-61-34(45-29)27-21-25(36(50)55-9)12-13-41(27,7)53/h10-12,20-23,48,53H,13-19H2,1-9H3,(H,42,58)(H,43,59). The number of carbonyl (C=O) groups is 4. The fourth-order valence-electron chi connectivity index (χ4n) is 5.57. The molecule has 1 aliphatic carbocycles. The SMILES string of the molecule is COC(=O)C1=CCC(C)(O)C(c2nc(C(=S)NCCN(CCN(CCNC(=S)c3csc(-c4cc(C(=O)OC)ccc4O)n3)C(=O)OC(C)(C)C)C(=O)OC(C)(C)C)cs2)=C1. The van der Waals surface area contributed by atoms with Crippen molar-refractivity contribution >= 4 is 86.8 Å². The molecule has 0 bridgehead atoms. The molecule has 0 radical (unpaired) electrons. The Morgan fingerprint density at radius 3 is 1.79 bits per heavy atom. The van der Waals surface area contributed by atoms with Gasteiger partial charge in [-0.3, -0.25) is 0 Å². The first kappa shape index (κ1) is 48.6. The first-order chi connectivity index (χ1) is 28.5. The molecule has 0 aliphatic heterocycles. The van der Waals surface area contributed by atoms with Crippen molar-refractivity contribution < 1.29 is 48.3 Å². The summed E-state index contributed by atoms with van der Waals surface area (Å²) in [6.45, 7) is 13.1. The van der Waals surface area contributed by atoms with Gasteiger partial charge in [0, 0.05) is 55.6 Å². The summed E-state index contributed by atoms with van der Waals surface area (Å²) in [5.74, 6) is -1.13. The molecule has 0 saturated carbocycles. The van der Waals surface area contributed by atoms with E-state index < -0.39 is 40.9 Å². The number of aromatic nitrogens is 2. The van der Waals surface area contributed by atoms with E-state index in [1.165, 1.54) is 64.9 Å². The number of aliphatic hydroxyl groups is 1. The number of methoxy groups -OCH3 is 2. The molecule has 20 heteroatoms. The van der Waals surface area contributed by atoms with Gasteiger partial charge in [0.2, 0.25) is 0 Å². The number of hydrogen-bond acceptors (Lipinski definition) is 16. The minimum Gasteiger partial charge on any atom is -0.507 e. The number of thiocarbonyl (C=S) groups is 2. The summed E-state index contributed by atoms with van der Waals surface area (Å²) in [6, 6.07) is 4.34. The number of phenols is 1. The normalized spacial score (nSPS) is 15.1. The average molecular weight is 917 g/mol. The fourth-order valence-corrected chi connectivity index (χ4v) is 7.92. The van der Waals surface area contributed by atoms with Gasteiger partial charge in [0.15, 0.2) is 0 Å². The first-order valence-corrected chi connectivity index (χ1v) is 21.7. The Bertz CT molecular complexity index is 2180. The zero-order valence-corrected chi connectivity index (χ0v) is 38.8. The molecule has 0 fully saturated rings. The molecule has 4 N–H and O–H groups in total. The highest BCUT2D eigenvalue weighted by atomic mass is 32.1. The van der Waals surface area contributed by atoms with Gasteiger partial charge < -0.3 is 49.6 Å². The van der Waals surface area contributed by atoms with E-state index >= 15 is 0 Å². The van der Waals surface area contributed by atoms with Crippen LogP contribution >= 0.6 is 47.1 Å². The van der Waals surface area contributed by atoms with Crippen LogP contribution in [0.15, 0.2) is 46.7 Å². The fraction of sp³-hybridized carbons (Fsp3) is 0.463. The summed E-state index contributed by atoms with van der Waals surface area (Å²) in [4.78, 5) is 63.9. The van der Waals surface area contributed by atoms with Crippen molar-refractivity contribution in [2.24, 2.45) is 0 Å². The number of rotatable bonds is 15. The minimum absolute atomic E-state index is 0.0628. The molecule has 330 valence electrons. The second-order valence-corrected chi connectivity index (χ2v) is 18.5. The third-order valence-electron chi connectivity index (χ3n) is 8.65. The average Bonchev–Trinajstić information content (AvgIpc) is 3.88. The van der Waals surface area contributed by atoms with E-state index in [0.717, 1.165) is 0 Å². The first-order valence-electron chi connectivity index (χ1n) is 19.1. The predicted octanol–water partition coefficient (Wildman–Crippen LogP) is 6.10. The van der Waals surface area contributed by atoms with Crippen molar-refractivity contribution in [2.75, 3.05) is 53.5 Å². The molecule has 4 rings (SSSR count). The monoisotopic (exact) mass is 916 g/mol. The topological polar surface area (TPSA) is 202 Å². The summed E-state index contributed by atoms with van der Waals surface area (Å²) >= 11 is 13.7. The van der Waals surface area contributed by atoms with Crippen LogP contribution in [-0.4, -0.2) is 134 Å². The van der Waals surface area contributed by atoms with Crippen LogP contribution in [0, 0.1) is 0 Å². The van der Waals surface area contributed by atoms with Gasteiger partial charge in [0.1, 0.15) is 48.3 Å². The molecule has 0 spiro atoms. The molecule has 1 aliphatic rings. The molecule has 1 atom stereocenters. The molecular formula is C41H52N6O10S4. The van der Waals surface area contributed by atoms with E-state index in [9.17, 15) is 29.4 Å². The van der Waals surface area contributed by atoms with E-state index in [-0.39, 0.29) is 57.0 Å². The number of benzene rings is 1. The molecular weight excluding hydrogens is 865 g/mol. The third kappa shape index (κ3) is 14.0. The number of amides is 2. The summed E-state index contributed by atoms with van der Waals surface area (Å²) < 4.78 is 21.0. The number of phenolic OH excluding ortho intramolecular Hbond substituents is 1. The number of nitrogens with zero attached hydrogens (tertiary/aromatic N) is 4. The van der Waals surface area contributed by atoms with Crippen LogP contribution in [0.5, 0.6) is 5.75 Å². The van der Waals surface area contributed by atoms with Crippen LogP contribution in [0.1, 0.15) is 81.6 Å². The largest absolute Gasteiger partial charge is 0.507 e. The maximum atomic E-state index is 13.5. The highest BCUT2D eigenvalue weighted by molar-refractivity contribution is 7.81. The van der Waals surface area contributed by atoms with Gasteiger partial charge in [-0.2, -0.15) is 0 Å². The lowest BCUT2D eigenvalue weighted by atomic mass is 9.86. The van der Waals surface area contributed by atoms with E-state index in [2.05, 4.69) is 20.6 Å². The summed E-state index contributed by atoms with van der Waals surface area (Å²) in [7, 11) is 2.56. The van der Waals surface area contributed by atoms with Gasteiger partial charge in [-0.25, -0.2) is 29.1 Å². The Labute approximate surface area is 373 Å². The molecule has 61 heavy (non-hydrogen) atoms. The van der Waals surface area contributed by atoms with Crippen LogP contribution in [0.25, 0.3) is 16.1 Å². The van der Waals surface area contributed by atoms with Gasteiger partial charge in [0.25, 0.3) is 0 Å². The van der Waals surface area contributed by atoms with E-state index in [1.54, 1.807) is 71.4 Å². The lowest BCUT2D eigenvalue weighted by Crippen LogP contribution is -2.48. The Balaban J connectivity index is 1.42. The van der Waals surface area contributed by atoms with Gasteiger partial charge >= 0.3 is 24.1 Å². The molecule has 16 nitrogen and oxygen atoms in total. The highest BCUT2D eigenvalue weighted by Gasteiger charge is 2.33. The lowest BCUT2D eigenvalue weighted by Gasteiger charge is -2.31. The van der Waals surface area contributed by atoms with Crippen LogP contribution < -0.4 is 10.6 Å². The molecule has 2 amide bonds. The van der Waals surface area contributed by atoms with Gasteiger partial charge in [-0.05, 0) is 79.2 Å². The number of nitrogens with one attached hydrogen (secondary N) is 2. The zero-order chi connectivity index (χ0) is 45.3. The summed E-state index contributed by atoms with van der Waals surface area (Å²) in [6.07, 6.45) is 2.20. The number of thiazole rings is 2. The Morgan fingerprint density at radius 2 is 1.30 bits per heavy atom. The van der Waals surface area contributed by atoms with Crippen LogP contribution in [0.3, 0.4) is 0 Å². The maximum Gasteiger partial charge on any atom is 0.410 e. The number of carbonyl (C=O) groups excluding carboxylic acids is 4. The van der Waals surface area contributed by atoms with E-state index in [0.29, 0.717) is 48.1 Å². The quantitative estimate of drug-likeness (QED) is 0.0773. The molecule has 3 aromatic rings. The summed E-state index contributed by atoms with van der Waals surface area (Å²) in [5, 5.41) is 32.2. The third-order valence-corrected chi connectivity index (χ3v) is 11.1. The van der Waals surface area contributed by atoms with Crippen molar-refractivity contribution in [1.29, 1.82) is 0 Å². The van der Waals surface area contributed by atoms with Crippen molar-refractivity contribution in [3.05, 3.63) is 68.6 Å². The second-order valence-electron chi connectivity index (χ2n) is 15.9.